The molecule has 0 bridgehead atoms. The zero-order valence-electron chi connectivity index (χ0n) is 14.9. The van der Waals surface area contributed by atoms with E-state index in [9.17, 15) is 4.79 Å². The van der Waals surface area contributed by atoms with Crippen LogP contribution in [0.25, 0.3) is 0 Å². The Labute approximate surface area is 154 Å². The van der Waals surface area contributed by atoms with Crippen LogP contribution in [-0.4, -0.2) is 5.91 Å². The molecular weight excluding hydrogens is 322 g/mol. The molecule has 1 N–H and O–H groups in total. The molecule has 0 aromatic heterocycles. The summed E-state index contributed by atoms with van der Waals surface area (Å²) >= 11 is 0. The van der Waals surface area contributed by atoms with Crippen molar-refractivity contribution >= 4 is 5.91 Å². The Balaban J connectivity index is 1.66. The van der Waals surface area contributed by atoms with E-state index >= 15 is 0 Å². The summed E-state index contributed by atoms with van der Waals surface area (Å²) in [5.41, 5.74) is 2.81. The van der Waals surface area contributed by atoms with Crippen LogP contribution in [0.15, 0.2) is 84.9 Å². The van der Waals surface area contributed by atoms with Crippen LogP contribution in [0, 0.1) is 0 Å². The van der Waals surface area contributed by atoms with Crippen LogP contribution in [0.1, 0.15) is 40.9 Å². The van der Waals surface area contributed by atoms with Crippen LogP contribution in [0.5, 0.6) is 5.75 Å². The van der Waals surface area contributed by atoms with Gasteiger partial charge in [-0.05, 0) is 35.7 Å². The van der Waals surface area contributed by atoms with E-state index < -0.39 is 0 Å². The summed E-state index contributed by atoms with van der Waals surface area (Å²) in [7, 11) is 0. The van der Waals surface area contributed by atoms with Gasteiger partial charge in [-0.1, -0.05) is 73.7 Å². The van der Waals surface area contributed by atoms with Crippen molar-refractivity contribution in [2.45, 2.75) is 26.0 Å². The van der Waals surface area contributed by atoms with E-state index in [1.54, 1.807) is 6.07 Å². The van der Waals surface area contributed by atoms with Gasteiger partial charge in [0.2, 0.25) is 0 Å². The standard InChI is InChI=1S/C23H23NO2/c1-2-22(19-12-7-4-8-13-19)24-23(25)20-14-9-15-21(16-20)26-17-18-10-5-3-6-11-18/h3-16,22H,2,17H2,1H3,(H,24,25)/t22-/m1/s1. The van der Waals surface area contributed by atoms with Crippen LogP contribution in [0.3, 0.4) is 0 Å². The quantitative estimate of drug-likeness (QED) is 0.643. The number of rotatable bonds is 7. The second-order valence-corrected chi connectivity index (χ2v) is 6.15. The summed E-state index contributed by atoms with van der Waals surface area (Å²) in [5.74, 6) is 0.597. The third-order valence-electron chi connectivity index (χ3n) is 4.26. The molecule has 0 aliphatic rings. The van der Waals surface area contributed by atoms with Gasteiger partial charge in [-0.25, -0.2) is 0 Å². The van der Waals surface area contributed by atoms with Crippen LogP contribution >= 0.6 is 0 Å². The van der Waals surface area contributed by atoms with E-state index in [-0.39, 0.29) is 11.9 Å². The lowest BCUT2D eigenvalue weighted by atomic mass is 10.0. The first kappa shape index (κ1) is 17.7. The Hall–Kier alpha value is -3.07. The number of nitrogens with one attached hydrogen (secondary N) is 1. The number of amides is 1. The predicted octanol–water partition coefficient (Wildman–Crippen LogP) is 5.15. The Morgan fingerprint density at radius 3 is 2.31 bits per heavy atom. The maximum atomic E-state index is 12.6. The van der Waals surface area contributed by atoms with E-state index in [0.717, 1.165) is 17.5 Å². The van der Waals surface area contributed by atoms with Crippen molar-refractivity contribution in [3.05, 3.63) is 102 Å². The molecule has 0 unspecified atom stereocenters. The van der Waals surface area contributed by atoms with Crippen molar-refractivity contribution in [3.63, 3.8) is 0 Å². The van der Waals surface area contributed by atoms with Gasteiger partial charge >= 0.3 is 0 Å². The molecule has 0 aliphatic carbocycles. The molecule has 0 saturated carbocycles. The molecule has 0 aliphatic heterocycles. The maximum absolute atomic E-state index is 12.6. The van der Waals surface area contributed by atoms with Crippen molar-refractivity contribution < 1.29 is 9.53 Å². The van der Waals surface area contributed by atoms with E-state index in [2.05, 4.69) is 12.2 Å². The van der Waals surface area contributed by atoms with Gasteiger partial charge in [-0.15, -0.1) is 0 Å². The lowest BCUT2D eigenvalue weighted by molar-refractivity contribution is 0.0935. The topological polar surface area (TPSA) is 38.3 Å². The molecule has 3 rings (SSSR count). The second kappa shape index (κ2) is 8.86. The first-order valence-electron chi connectivity index (χ1n) is 8.89. The van der Waals surface area contributed by atoms with Crippen molar-refractivity contribution in [1.82, 2.24) is 5.32 Å². The van der Waals surface area contributed by atoms with Gasteiger partial charge in [0.05, 0.1) is 6.04 Å². The molecule has 3 heteroatoms. The van der Waals surface area contributed by atoms with Gasteiger partial charge in [0, 0.05) is 5.56 Å². The Morgan fingerprint density at radius 1 is 0.923 bits per heavy atom. The largest absolute Gasteiger partial charge is 0.489 e. The zero-order chi connectivity index (χ0) is 18.2. The molecule has 132 valence electrons. The van der Waals surface area contributed by atoms with Gasteiger partial charge in [0.1, 0.15) is 12.4 Å². The number of carbonyl (C=O) groups excluding carboxylic acids is 1. The summed E-state index contributed by atoms with van der Waals surface area (Å²) in [6.07, 6.45) is 0.833. The molecule has 0 saturated heterocycles. The van der Waals surface area contributed by atoms with Crippen LogP contribution in [0.2, 0.25) is 0 Å². The minimum atomic E-state index is -0.0918. The smallest absolute Gasteiger partial charge is 0.251 e. The van der Waals surface area contributed by atoms with E-state index in [0.29, 0.717) is 17.9 Å². The van der Waals surface area contributed by atoms with Crippen LogP contribution in [-0.2, 0) is 6.61 Å². The van der Waals surface area contributed by atoms with E-state index in [1.165, 1.54) is 0 Å². The van der Waals surface area contributed by atoms with Crippen molar-refractivity contribution in [2.75, 3.05) is 0 Å². The Bertz CT molecular complexity index is 831. The van der Waals surface area contributed by atoms with Crippen molar-refractivity contribution in [2.24, 2.45) is 0 Å². The lowest BCUT2D eigenvalue weighted by Crippen LogP contribution is -2.28. The average Bonchev–Trinajstić information content (AvgIpc) is 2.72. The number of benzene rings is 3. The molecule has 1 amide bonds. The Morgan fingerprint density at radius 2 is 1.62 bits per heavy atom. The molecule has 3 aromatic carbocycles. The van der Waals surface area contributed by atoms with Gasteiger partial charge in [-0.3, -0.25) is 4.79 Å². The zero-order valence-corrected chi connectivity index (χ0v) is 14.9. The molecule has 0 fully saturated rings. The number of hydrogen-bond donors (Lipinski definition) is 1. The van der Waals surface area contributed by atoms with Crippen molar-refractivity contribution in [1.29, 1.82) is 0 Å². The predicted molar refractivity (Wildman–Crippen MR) is 104 cm³/mol. The molecule has 3 nitrogen and oxygen atoms in total. The molecule has 1 atom stereocenters. The number of ether oxygens (including phenoxy) is 1. The average molecular weight is 345 g/mol. The third kappa shape index (κ3) is 4.73. The van der Waals surface area contributed by atoms with E-state index in [4.69, 9.17) is 4.74 Å². The maximum Gasteiger partial charge on any atom is 0.251 e. The van der Waals surface area contributed by atoms with Gasteiger partial charge in [0.15, 0.2) is 0 Å². The first-order valence-corrected chi connectivity index (χ1v) is 8.89. The summed E-state index contributed by atoms with van der Waals surface area (Å²) in [6, 6.07) is 27.3. The van der Waals surface area contributed by atoms with E-state index in [1.807, 2.05) is 78.9 Å². The number of carbonyl (C=O) groups is 1. The molecule has 0 spiro atoms. The minimum Gasteiger partial charge on any atom is -0.489 e. The Kier molecular flexibility index (Phi) is 6.05. The fourth-order valence-corrected chi connectivity index (χ4v) is 2.82. The molecule has 0 radical (unpaired) electrons. The van der Waals surface area contributed by atoms with Crippen molar-refractivity contribution in [3.8, 4) is 5.75 Å². The fourth-order valence-electron chi connectivity index (χ4n) is 2.82. The highest BCUT2D eigenvalue weighted by Gasteiger charge is 2.14. The van der Waals surface area contributed by atoms with Crippen LogP contribution < -0.4 is 10.1 Å². The molecule has 0 heterocycles. The van der Waals surface area contributed by atoms with Gasteiger partial charge in [-0.2, -0.15) is 0 Å². The van der Waals surface area contributed by atoms with Gasteiger partial charge < -0.3 is 10.1 Å². The highest BCUT2D eigenvalue weighted by atomic mass is 16.5. The summed E-state index contributed by atoms with van der Waals surface area (Å²) < 4.78 is 5.82. The highest BCUT2D eigenvalue weighted by molar-refractivity contribution is 5.94. The molecule has 26 heavy (non-hydrogen) atoms. The summed E-state index contributed by atoms with van der Waals surface area (Å²) in [4.78, 5) is 12.6. The molecule has 3 aromatic rings. The monoisotopic (exact) mass is 345 g/mol. The summed E-state index contributed by atoms with van der Waals surface area (Å²) in [6.45, 7) is 2.55. The van der Waals surface area contributed by atoms with Gasteiger partial charge in [0.25, 0.3) is 5.91 Å². The minimum absolute atomic E-state index is 0.00223. The molecular formula is C23H23NO2. The second-order valence-electron chi connectivity index (χ2n) is 6.15. The normalized spacial score (nSPS) is 11.6. The number of hydrogen-bond acceptors (Lipinski definition) is 2. The SMILES string of the molecule is CC[C@@H](NC(=O)c1cccc(OCc2ccccc2)c1)c1ccccc1. The summed E-state index contributed by atoms with van der Waals surface area (Å²) in [5, 5.41) is 3.11. The first-order chi connectivity index (χ1) is 12.8. The highest BCUT2D eigenvalue weighted by Crippen LogP contribution is 2.19. The lowest BCUT2D eigenvalue weighted by Gasteiger charge is -2.17. The van der Waals surface area contributed by atoms with Crippen LogP contribution in [0.4, 0.5) is 0 Å². The third-order valence-corrected chi connectivity index (χ3v) is 4.26. The fraction of sp³-hybridized carbons (Fsp3) is 0.174.